The number of hydrogen-bond acceptors (Lipinski definition) is 12. The molecule has 0 heterocycles. The van der Waals surface area contributed by atoms with Gasteiger partial charge in [-0.2, -0.15) is 70.2 Å². The number of hydrogen-bond donors (Lipinski definition) is 0. The molecule has 0 aromatic carbocycles. The first kappa shape index (κ1) is 64.3. The lowest BCUT2D eigenvalue weighted by Crippen LogP contribution is -2.62. The third kappa shape index (κ3) is 26.0. The molecule has 0 aromatic heterocycles. The maximum Gasteiger partial charge on any atom is 0.495 e. The Balaban J connectivity index is 2.63. The van der Waals surface area contributed by atoms with Crippen molar-refractivity contribution in [3.63, 3.8) is 0 Å². The van der Waals surface area contributed by atoms with E-state index in [0.29, 0.717) is 7.11 Å². The van der Waals surface area contributed by atoms with E-state index in [4.69, 9.17) is 0 Å². The van der Waals surface area contributed by atoms with E-state index in [2.05, 4.69) is 52.1 Å². The SMILES string of the molecule is CCC(F)(F)OC1CC(F)(F)C1OC(F)(F)CC(F)(F)COCC(F)(F)OC(F)(F)OC(F)(F)COCC(F)(F)OC(F)(F)COCC(F)(F)CC(F)(F)OC(F)(F)COCC(F)(F)CC(=O)OC. The summed E-state index contributed by atoms with van der Waals surface area (Å²) >= 11 is 0. The third-order valence-electron chi connectivity index (χ3n) is 7.25. The van der Waals surface area contributed by atoms with Crippen LogP contribution in [-0.4, -0.2) is 157 Å². The Kier molecular flexibility index (Phi) is 21.4. The van der Waals surface area contributed by atoms with Crippen LogP contribution in [0.15, 0.2) is 0 Å². The van der Waals surface area contributed by atoms with Crippen LogP contribution in [0.3, 0.4) is 0 Å². The molecule has 1 aliphatic carbocycles. The van der Waals surface area contributed by atoms with Gasteiger partial charge in [0.15, 0.2) is 6.10 Å². The van der Waals surface area contributed by atoms with Crippen molar-refractivity contribution in [1.29, 1.82) is 0 Å². The predicted octanol–water partition coefficient (Wildman–Crippen LogP) is 9.88. The highest BCUT2D eigenvalue weighted by molar-refractivity contribution is 5.70. The molecule has 412 valence electrons. The van der Waals surface area contributed by atoms with Gasteiger partial charge in [-0.15, -0.1) is 8.78 Å². The fraction of sp³-hybridized carbons (Fsp3) is 0.968. The number of ether oxygens (including phenoxy) is 11. The highest BCUT2D eigenvalue weighted by Gasteiger charge is 2.64. The molecule has 2 atom stereocenters. The second-order valence-corrected chi connectivity index (χ2v) is 14.1. The van der Waals surface area contributed by atoms with Crippen LogP contribution < -0.4 is 0 Å². The van der Waals surface area contributed by atoms with Crippen molar-refractivity contribution in [3.8, 4) is 0 Å². The number of alkyl halides is 26. The fourth-order valence-electron chi connectivity index (χ4n) is 4.67. The van der Waals surface area contributed by atoms with E-state index in [0.717, 1.165) is 6.92 Å². The molecule has 1 aliphatic rings. The minimum atomic E-state index is -6.32. The molecule has 1 rings (SSSR count). The van der Waals surface area contributed by atoms with Crippen molar-refractivity contribution < 1.29 is 171 Å². The summed E-state index contributed by atoms with van der Waals surface area (Å²) in [7, 11) is 0.650. The summed E-state index contributed by atoms with van der Waals surface area (Å²) in [5.74, 6) is -20.4. The van der Waals surface area contributed by atoms with Crippen LogP contribution in [0.25, 0.3) is 0 Å². The molecule has 1 fully saturated rings. The van der Waals surface area contributed by atoms with Crippen LogP contribution in [0.5, 0.6) is 0 Å². The van der Waals surface area contributed by atoms with Crippen molar-refractivity contribution in [1.82, 2.24) is 0 Å². The minimum absolute atomic E-state index is 0.650. The van der Waals surface area contributed by atoms with E-state index in [1.165, 1.54) is 0 Å². The molecule has 0 amide bonds. The molecular weight excluding hydrogens is 1060 g/mol. The molecular formula is C31H34F26O12. The number of carbonyl (C=O) groups is 1. The van der Waals surface area contributed by atoms with Crippen LogP contribution in [0.2, 0.25) is 0 Å². The normalized spacial score (nSPS) is 18.7. The molecule has 0 saturated heterocycles. The molecule has 38 heteroatoms. The van der Waals surface area contributed by atoms with Gasteiger partial charge in [-0.05, 0) is 0 Å². The first-order valence-corrected chi connectivity index (χ1v) is 17.9. The number of rotatable bonds is 35. The largest absolute Gasteiger partial charge is 0.495 e. The summed E-state index contributed by atoms with van der Waals surface area (Å²) in [5.41, 5.74) is 0. The lowest BCUT2D eigenvalue weighted by atomic mass is 9.86. The van der Waals surface area contributed by atoms with Gasteiger partial charge in [-0.1, -0.05) is 6.92 Å². The van der Waals surface area contributed by atoms with Gasteiger partial charge in [-0.3, -0.25) is 14.3 Å². The summed E-state index contributed by atoms with van der Waals surface area (Å²) in [5, 5.41) is 0. The number of halogens is 26. The Bertz CT molecular complexity index is 1600. The van der Waals surface area contributed by atoms with Crippen molar-refractivity contribution in [2.75, 3.05) is 60.0 Å². The van der Waals surface area contributed by atoms with E-state index in [9.17, 15) is 119 Å². The topological polar surface area (TPSA) is 119 Å². The Hall–Kier alpha value is -2.75. The van der Waals surface area contributed by atoms with Gasteiger partial charge < -0.3 is 33.2 Å². The van der Waals surface area contributed by atoms with Gasteiger partial charge in [0.25, 0.3) is 23.7 Å². The standard InChI is InChI=1S/C31H34F26O12/c1-3-23(40,41)64-16-4-22(38,39)18(16)65-24(42,43)6-20(34,35)9-62-14-29(52,53)68-31(56,57)69-30(54,55)15-63-13-28(50,51)67-27(48,49)12-61-10-21(36,37)7-25(44,45)66-26(46,47)11-60-8-19(32,33)5-17(58)59-2/h16,18H,3-15H2,1-2H3. The molecule has 0 aliphatic heterocycles. The summed E-state index contributed by atoms with van der Waals surface area (Å²) in [6.07, 6.45) is -65.9. The highest BCUT2D eigenvalue weighted by Crippen LogP contribution is 2.48. The second-order valence-electron chi connectivity index (χ2n) is 14.1. The number of carbonyl (C=O) groups excluding carboxylic acids is 1. The Morgan fingerprint density at radius 1 is 0.449 bits per heavy atom. The smallest absolute Gasteiger partial charge is 0.469 e. The summed E-state index contributed by atoms with van der Waals surface area (Å²) in [6, 6.07) is 0. The van der Waals surface area contributed by atoms with Gasteiger partial charge in [0.1, 0.15) is 78.2 Å². The Morgan fingerprint density at radius 3 is 1.14 bits per heavy atom. The first-order chi connectivity index (χ1) is 30.5. The maximum absolute atomic E-state index is 14.0. The summed E-state index contributed by atoms with van der Waals surface area (Å²) in [4.78, 5) is 10.8. The van der Waals surface area contributed by atoms with E-state index in [1.54, 1.807) is 0 Å². The van der Waals surface area contributed by atoms with E-state index >= 15 is 0 Å². The van der Waals surface area contributed by atoms with Crippen molar-refractivity contribution >= 4 is 5.97 Å². The molecule has 0 N–H and O–H groups in total. The molecule has 0 aromatic rings. The number of methoxy groups -OCH3 is 1. The average Bonchev–Trinajstić information content (AvgIpc) is 3.06. The lowest BCUT2D eigenvalue weighted by Gasteiger charge is -2.45. The molecule has 0 spiro atoms. The fourth-order valence-corrected chi connectivity index (χ4v) is 4.67. The average molecular weight is 1090 g/mol. The van der Waals surface area contributed by atoms with Crippen molar-refractivity contribution in [3.05, 3.63) is 0 Å². The molecule has 0 bridgehead atoms. The molecule has 69 heavy (non-hydrogen) atoms. The number of esters is 1. The van der Waals surface area contributed by atoms with E-state index in [1.807, 2.05) is 0 Å². The quantitative estimate of drug-likeness (QED) is 0.0342. The zero-order valence-corrected chi connectivity index (χ0v) is 34.1. The van der Waals surface area contributed by atoms with Gasteiger partial charge in [0.2, 0.25) is 0 Å². The zero-order chi connectivity index (χ0) is 54.2. The summed E-state index contributed by atoms with van der Waals surface area (Å²) < 4.78 is 393. The molecule has 1 saturated carbocycles. The van der Waals surface area contributed by atoms with Gasteiger partial charge in [-0.25, -0.2) is 44.6 Å². The molecule has 0 radical (unpaired) electrons. The van der Waals surface area contributed by atoms with Crippen LogP contribution in [0.1, 0.15) is 39.0 Å². The van der Waals surface area contributed by atoms with Crippen LogP contribution in [0, 0.1) is 0 Å². The van der Waals surface area contributed by atoms with Gasteiger partial charge >= 0.3 is 61.1 Å². The lowest BCUT2D eigenvalue weighted by molar-refractivity contribution is -0.519. The maximum atomic E-state index is 14.0. The van der Waals surface area contributed by atoms with Crippen molar-refractivity contribution in [2.24, 2.45) is 0 Å². The van der Waals surface area contributed by atoms with E-state index < -0.39 is 182 Å². The highest BCUT2D eigenvalue weighted by atomic mass is 19.3. The van der Waals surface area contributed by atoms with Crippen LogP contribution >= 0.6 is 0 Å². The van der Waals surface area contributed by atoms with Gasteiger partial charge in [0, 0.05) is 12.8 Å². The second kappa shape index (κ2) is 23.0. The monoisotopic (exact) mass is 1090 g/mol. The molecule has 2 unspecified atom stereocenters. The van der Waals surface area contributed by atoms with Crippen LogP contribution in [0.4, 0.5) is 114 Å². The Morgan fingerprint density at radius 2 is 0.783 bits per heavy atom. The zero-order valence-electron chi connectivity index (χ0n) is 34.1. The minimum Gasteiger partial charge on any atom is -0.469 e. The molecule has 12 nitrogen and oxygen atoms in total. The van der Waals surface area contributed by atoms with E-state index in [-0.39, 0.29) is 0 Å². The predicted molar refractivity (Wildman–Crippen MR) is 162 cm³/mol. The van der Waals surface area contributed by atoms with Gasteiger partial charge in [0.05, 0.1) is 7.11 Å². The van der Waals surface area contributed by atoms with Crippen molar-refractivity contribution in [2.45, 2.75) is 130 Å². The summed E-state index contributed by atoms with van der Waals surface area (Å²) in [6.45, 7) is -20.5. The first-order valence-electron chi connectivity index (χ1n) is 17.9. The Labute approximate surface area is 367 Å². The van der Waals surface area contributed by atoms with Crippen LogP contribution in [-0.2, 0) is 56.9 Å². The third-order valence-corrected chi connectivity index (χ3v) is 7.25.